The monoisotopic (exact) mass is 304 g/mol. The number of carbonyl (C=O) groups is 1. The Morgan fingerprint density at radius 3 is 2.67 bits per heavy atom. The van der Waals surface area contributed by atoms with Gasteiger partial charge in [0.15, 0.2) is 0 Å². The lowest BCUT2D eigenvalue weighted by atomic mass is 10.1. The van der Waals surface area contributed by atoms with Crippen LogP contribution >= 0.6 is 15.9 Å². The third-order valence-electron chi connectivity index (χ3n) is 2.63. The molecule has 0 bridgehead atoms. The highest BCUT2D eigenvalue weighted by molar-refractivity contribution is 9.10. The van der Waals surface area contributed by atoms with E-state index in [-0.39, 0.29) is 5.91 Å². The quantitative estimate of drug-likeness (QED) is 0.833. The van der Waals surface area contributed by atoms with Crippen molar-refractivity contribution in [1.82, 2.24) is 0 Å². The van der Waals surface area contributed by atoms with Gasteiger partial charge in [0.25, 0.3) is 5.91 Å². The normalized spacial score (nSPS) is 10.1. The zero-order valence-corrected chi connectivity index (χ0v) is 11.5. The second-order valence-electron chi connectivity index (χ2n) is 4.01. The molecule has 2 aromatic rings. The van der Waals surface area contributed by atoms with Crippen LogP contribution in [-0.2, 0) is 0 Å². The summed E-state index contributed by atoms with van der Waals surface area (Å²) in [7, 11) is 0. The summed E-state index contributed by atoms with van der Waals surface area (Å²) < 4.78 is 0.804. The molecule has 0 heterocycles. The average molecular weight is 305 g/mol. The SMILES string of the molecule is Cc1ccccc1C(=O)Nc1cc(N)ccc1Br. The first-order valence-electron chi connectivity index (χ1n) is 5.50. The van der Waals surface area contributed by atoms with Crippen LogP contribution in [0, 0.1) is 6.92 Å². The lowest BCUT2D eigenvalue weighted by molar-refractivity contribution is 0.102. The fourth-order valence-corrected chi connectivity index (χ4v) is 2.00. The third kappa shape index (κ3) is 2.71. The van der Waals surface area contributed by atoms with Crippen molar-refractivity contribution in [3.8, 4) is 0 Å². The number of nitrogen functional groups attached to an aromatic ring is 1. The van der Waals surface area contributed by atoms with Gasteiger partial charge in [-0.1, -0.05) is 18.2 Å². The van der Waals surface area contributed by atoms with E-state index >= 15 is 0 Å². The van der Waals surface area contributed by atoms with E-state index in [1.807, 2.05) is 31.2 Å². The van der Waals surface area contributed by atoms with Crippen molar-refractivity contribution in [2.75, 3.05) is 11.1 Å². The second kappa shape index (κ2) is 5.23. The number of rotatable bonds is 2. The number of nitrogens with two attached hydrogens (primary N) is 1. The molecule has 2 aromatic carbocycles. The maximum absolute atomic E-state index is 12.1. The molecule has 0 saturated heterocycles. The molecule has 3 nitrogen and oxygen atoms in total. The molecule has 3 N–H and O–H groups in total. The van der Waals surface area contributed by atoms with Gasteiger partial charge >= 0.3 is 0 Å². The van der Waals surface area contributed by atoms with Gasteiger partial charge in [0.1, 0.15) is 0 Å². The second-order valence-corrected chi connectivity index (χ2v) is 4.86. The number of anilines is 2. The van der Waals surface area contributed by atoms with E-state index in [4.69, 9.17) is 5.73 Å². The maximum Gasteiger partial charge on any atom is 0.255 e. The molecule has 2 rings (SSSR count). The van der Waals surface area contributed by atoms with Gasteiger partial charge in [0.2, 0.25) is 0 Å². The van der Waals surface area contributed by atoms with E-state index < -0.39 is 0 Å². The topological polar surface area (TPSA) is 55.1 Å². The van der Waals surface area contributed by atoms with E-state index in [1.165, 1.54) is 0 Å². The molecule has 0 spiro atoms. The Morgan fingerprint density at radius 2 is 1.94 bits per heavy atom. The van der Waals surface area contributed by atoms with Crippen LogP contribution in [0.1, 0.15) is 15.9 Å². The molecular formula is C14H13BrN2O. The van der Waals surface area contributed by atoms with E-state index in [0.29, 0.717) is 16.9 Å². The predicted molar refractivity (Wildman–Crippen MR) is 77.7 cm³/mol. The molecule has 4 heteroatoms. The fourth-order valence-electron chi connectivity index (χ4n) is 1.66. The smallest absolute Gasteiger partial charge is 0.255 e. The van der Waals surface area contributed by atoms with Crippen LogP contribution in [0.5, 0.6) is 0 Å². The van der Waals surface area contributed by atoms with E-state index in [1.54, 1.807) is 18.2 Å². The summed E-state index contributed by atoms with van der Waals surface area (Å²) in [5.41, 5.74) is 8.58. The van der Waals surface area contributed by atoms with Crippen LogP contribution < -0.4 is 11.1 Å². The van der Waals surface area contributed by atoms with Gasteiger partial charge in [0, 0.05) is 15.7 Å². The molecule has 0 unspecified atom stereocenters. The minimum atomic E-state index is -0.139. The molecule has 0 aliphatic rings. The number of aryl methyl sites for hydroxylation is 1. The van der Waals surface area contributed by atoms with E-state index in [9.17, 15) is 4.79 Å². The summed E-state index contributed by atoms with van der Waals surface area (Å²) in [6.07, 6.45) is 0. The van der Waals surface area contributed by atoms with Crippen molar-refractivity contribution in [2.24, 2.45) is 0 Å². The van der Waals surface area contributed by atoms with E-state index in [2.05, 4.69) is 21.2 Å². The van der Waals surface area contributed by atoms with Crippen LogP contribution in [0.25, 0.3) is 0 Å². The van der Waals surface area contributed by atoms with Crippen LogP contribution in [0.2, 0.25) is 0 Å². The molecule has 18 heavy (non-hydrogen) atoms. The standard InChI is InChI=1S/C14H13BrN2O/c1-9-4-2-3-5-11(9)14(18)17-13-8-10(16)6-7-12(13)15/h2-8H,16H2,1H3,(H,17,18). The molecule has 0 saturated carbocycles. The Hall–Kier alpha value is -1.81. The zero-order chi connectivity index (χ0) is 13.1. The largest absolute Gasteiger partial charge is 0.399 e. The minimum absolute atomic E-state index is 0.139. The number of halogens is 1. The minimum Gasteiger partial charge on any atom is -0.399 e. The molecule has 92 valence electrons. The van der Waals surface area contributed by atoms with Crippen LogP contribution in [0.4, 0.5) is 11.4 Å². The van der Waals surface area contributed by atoms with Gasteiger partial charge in [-0.25, -0.2) is 0 Å². The molecule has 0 fully saturated rings. The molecule has 0 aromatic heterocycles. The fraction of sp³-hybridized carbons (Fsp3) is 0.0714. The summed E-state index contributed by atoms with van der Waals surface area (Å²) in [6.45, 7) is 1.91. The Morgan fingerprint density at radius 1 is 1.22 bits per heavy atom. The summed E-state index contributed by atoms with van der Waals surface area (Å²) in [4.78, 5) is 12.1. The lowest BCUT2D eigenvalue weighted by Gasteiger charge is -2.09. The zero-order valence-electron chi connectivity index (χ0n) is 9.91. The van der Waals surface area contributed by atoms with Crippen molar-refractivity contribution < 1.29 is 4.79 Å². The van der Waals surface area contributed by atoms with Gasteiger partial charge in [-0.05, 0) is 52.7 Å². The van der Waals surface area contributed by atoms with Crippen molar-refractivity contribution in [3.63, 3.8) is 0 Å². The molecule has 0 aliphatic carbocycles. The Bertz CT molecular complexity index is 596. The van der Waals surface area contributed by atoms with Gasteiger partial charge in [0.05, 0.1) is 5.69 Å². The van der Waals surface area contributed by atoms with Crippen molar-refractivity contribution in [1.29, 1.82) is 0 Å². The van der Waals surface area contributed by atoms with Gasteiger partial charge < -0.3 is 11.1 Å². The molecular weight excluding hydrogens is 292 g/mol. The molecule has 0 aliphatic heterocycles. The first-order valence-corrected chi connectivity index (χ1v) is 6.29. The van der Waals surface area contributed by atoms with Crippen molar-refractivity contribution in [2.45, 2.75) is 6.92 Å². The highest BCUT2D eigenvalue weighted by atomic mass is 79.9. The summed E-state index contributed by atoms with van der Waals surface area (Å²) in [5, 5.41) is 2.84. The number of carbonyl (C=O) groups excluding carboxylic acids is 1. The van der Waals surface area contributed by atoms with Gasteiger partial charge in [-0.3, -0.25) is 4.79 Å². The first kappa shape index (κ1) is 12.6. The molecule has 1 amide bonds. The summed E-state index contributed by atoms with van der Waals surface area (Å²) in [6, 6.07) is 12.8. The summed E-state index contributed by atoms with van der Waals surface area (Å²) in [5.74, 6) is -0.139. The maximum atomic E-state index is 12.1. The van der Waals surface area contributed by atoms with Crippen LogP contribution in [0.15, 0.2) is 46.9 Å². The predicted octanol–water partition coefficient (Wildman–Crippen LogP) is 3.59. The number of nitrogens with one attached hydrogen (secondary N) is 1. The lowest BCUT2D eigenvalue weighted by Crippen LogP contribution is -2.13. The Labute approximate surface area is 114 Å². The van der Waals surface area contributed by atoms with Gasteiger partial charge in [-0.2, -0.15) is 0 Å². The number of hydrogen-bond donors (Lipinski definition) is 2. The first-order chi connectivity index (χ1) is 8.58. The highest BCUT2D eigenvalue weighted by Gasteiger charge is 2.10. The molecule has 0 radical (unpaired) electrons. The van der Waals surface area contributed by atoms with Gasteiger partial charge in [-0.15, -0.1) is 0 Å². The number of hydrogen-bond acceptors (Lipinski definition) is 2. The summed E-state index contributed by atoms with van der Waals surface area (Å²) >= 11 is 3.38. The van der Waals surface area contributed by atoms with Crippen molar-refractivity contribution in [3.05, 3.63) is 58.1 Å². The third-order valence-corrected chi connectivity index (χ3v) is 3.32. The average Bonchev–Trinajstić information content (AvgIpc) is 2.34. The highest BCUT2D eigenvalue weighted by Crippen LogP contribution is 2.25. The van der Waals surface area contributed by atoms with E-state index in [0.717, 1.165) is 10.0 Å². The number of benzene rings is 2. The Kier molecular flexibility index (Phi) is 3.67. The van der Waals surface area contributed by atoms with Crippen LogP contribution in [0.3, 0.4) is 0 Å². The van der Waals surface area contributed by atoms with Crippen LogP contribution in [-0.4, -0.2) is 5.91 Å². The number of amides is 1. The molecule has 0 atom stereocenters. The Balaban J connectivity index is 2.27. The van der Waals surface area contributed by atoms with Crippen molar-refractivity contribution >= 4 is 33.2 Å².